The number of hydrogen-bond donors (Lipinski definition) is 3. The SMILES string of the molecule is Nc1cccc(-c2ccc(CCNC34CCCC(COC3)N4)cc2)n1. The zero-order valence-electron chi connectivity index (χ0n) is 14.5. The molecule has 4 rings (SSSR count). The van der Waals surface area contributed by atoms with Crippen LogP contribution in [-0.4, -0.2) is 36.4 Å². The highest BCUT2D eigenvalue weighted by molar-refractivity contribution is 5.61. The maximum atomic E-state index is 5.77. The summed E-state index contributed by atoms with van der Waals surface area (Å²) in [6.45, 7) is 2.56. The predicted octanol–water partition coefficient (Wildman–Crippen LogP) is 2.33. The number of pyridine rings is 1. The molecule has 1 aromatic carbocycles. The van der Waals surface area contributed by atoms with Crippen molar-refractivity contribution in [2.24, 2.45) is 0 Å². The molecule has 2 atom stereocenters. The van der Waals surface area contributed by atoms with Gasteiger partial charge in [0.2, 0.25) is 0 Å². The van der Waals surface area contributed by atoms with Crippen molar-refractivity contribution < 1.29 is 4.74 Å². The first-order valence-electron chi connectivity index (χ1n) is 9.15. The third kappa shape index (κ3) is 3.84. The molecular weight excluding hydrogens is 312 g/mol. The fourth-order valence-corrected chi connectivity index (χ4v) is 3.89. The van der Waals surface area contributed by atoms with Crippen molar-refractivity contribution in [1.29, 1.82) is 0 Å². The fraction of sp³-hybridized carbons (Fsp3) is 0.450. The molecule has 2 saturated heterocycles. The summed E-state index contributed by atoms with van der Waals surface area (Å²) in [6, 6.07) is 14.8. The Morgan fingerprint density at radius 1 is 1.24 bits per heavy atom. The van der Waals surface area contributed by atoms with Crippen molar-refractivity contribution in [3.8, 4) is 11.3 Å². The Hall–Kier alpha value is -1.95. The lowest BCUT2D eigenvalue weighted by Crippen LogP contribution is -2.69. The van der Waals surface area contributed by atoms with Crippen LogP contribution in [0.15, 0.2) is 42.5 Å². The lowest BCUT2D eigenvalue weighted by molar-refractivity contribution is -0.0415. The summed E-state index contributed by atoms with van der Waals surface area (Å²) in [6.07, 6.45) is 4.64. The molecule has 2 aliphatic heterocycles. The van der Waals surface area contributed by atoms with Crippen LogP contribution in [0.1, 0.15) is 24.8 Å². The molecule has 1 aromatic heterocycles. The molecule has 0 spiro atoms. The van der Waals surface area contributed by atoms with Crippen LogP contribution in [0, 0.1) is 0 Å². The van der Waals surface area contributed by atoms with Crippen molar-refractivity contribution in [3.63, 3.8) is 0 Å². The number of rotatable bonds is 5. The number of nitrogens with zero attached hydrogens (tertiary/aromatic N) is 1. The van der Waals surface area contributed by atoms with Gasteiger partial charge in [-0.2, -0.15) is 0 Å². The van der Waals surface area contributed by atoms with E-state index in [1.807, 2.05) is 18.2 Å². The molecule has 0 saturated carbocycles. The Labute approximate surface area is 149 Å². The molecule has 2 bridgehead atoms. The number of anilines is 1. The average molecular weight is 338 g/mol. The van der Waals surface area contributed by atoms with E-state index in [2.05, 4.69) is 39.9 Å². The van der Waals surface area contributed by atoms with Crippen LogP contribution >= 0.6 is 0 Å². The summed E-state index contributed by atoms with van der Waals surface area (Å²) in [5, 5.41) is 7.44. The van der Waals surface area contributed by atoms with Gasteiger partial charge in [-0.1, -0.05) is 30.3 Å². The van der Waals surface area contributed by atoms with E-state index in [4.69, 9.17) is 10.5 Å². The number of nitrogen functional groups attached to an aromatic ring is 1. The van der Waals surface area contributed by atoms with Crippen LogP contribution in [0.5, 0.6) is 0 Å². The molecule has 4 N–H and O–H groups in total. The Morgan fingerprint density at radius 3 is 2.96 bits per heavy atom. The Kier molecular flexibility index (Phi) is 4.70. The third-order valence-corrected chi connectivity index (χ3v) is 5.20. The zero-order chi connectivity index (χ0) is 17.1. The fourth-order valence-electron chi connectivity index (χ4n) is 3.89. The summed E-state index contributed by atoms with van der Waals surface area (Å²) < 4.78 is 5.77. The number of benzene rings is 1. The molecule has 132 valence electrons. The van der Waals surface area contributed by atoms with Gasteiger partial charge in [0, 0.05) is 18.2 Å². The van der Waals surface area contributed by atoms with Gasteiger partial charge in [0.25, 0.3) is 0 Å². The van der Waals surface area contributed by atoms with Gasteiger partial charge in [-0.15, -0.1) is 0 Å². The topological polar surface area (TPSA) is 72.2 Å². The predicted molar refractivity (Wildman–Crippen MR) is 100 cm³/mol. The number of morpholine rings is 1. The first kappa shape index (κ1) is 16.5. The molecule has 25 heavy (non-hydrogen) atoms. The quantitative estimate of drug-likeness (QED) is 0.780. The Bertz CT molecular complexity index is 706. The Morgan fingerprint density at radius 2 is 2.12 bits per heavy atom. The van der Waals surface area contributed by atoms with Gasteiger partial charge in [-0.25, -0.2) is 4.98 Å². The Balaban J connectivity index is 1.34. The van der Waals surface area contributed by atoms with Crippen LogP contribution in [-0.2, 0) is 11.2 Å². The number of ether oxygens (including phenoxy) is 1. The summed E-state index contributed by atoms with van der Waals surface area (Å²) in [5.74, 6) is 0.554. The van der Waals surface area contributed by atoms with Crippen LogP contribution in [0.4, 0.5) is 5.82 Å². The number of aromatic nitrogens is 1. The van der Waals surface area contributed by atoms with Crippen LogP contribution < -0.4 is 16.4 Å². The van der Waals surface area contributed by atoms with Gasteiger partial charge in [-0.3, -0.25) is 10.6 Å². The minimum Gasteiger partial charge on any atom is -0.384 e. The monoisotopic (exact) mass is 338 g/mol. The molecule has 2 aromatic rings. The maximum Gasteiger partial charge on any atom is 0.124 e. The average Bonchev–Trinajstić information content (AvgIpc) is 2.62. The van der Waals surface area contributed by atoms with Gasteiger partial charge in [0.15, 0.2) is 0 Å². The molecule has 0 amide bonds. The van der Waals surface area contributed by atoms with E-state index in [1.54, 1.807) is 0 Å². The van der Waals surface area contributed by atoms with E-state index in [-0.39, 0.29) is 5.66 Å². The van der Waals surface area contributed by atoms with Crippen molar-refractivity contribution in [2.75, 3.05) is 25.5 Å². The maximum absolute atomic E-state index is 5.77. The number of fused-ring (bicyclic) bond motifs is 2. The molecular formula is C20H26N4O. The minimum absolute atomic E-state index is 0.0212. The largest absolute Gasteiger partial charge is 0.384 e. The number of nitrogens with one attached hydrogen (secondary N) is 2. The summed E-state index contributed by atoms with van der Waals surface area (Å²) in [5.41, 5.74) is 9.08. The van der Waals surface area contributed by atoms with Crippen molar-refractivity contribution >= 4 is 5.82 Å². The van der Waals surface area contributed by atoms with Crippen LogP contribution in [0.25, 0.3) is 11.3 Å². The van der Waals surface area contributed by atoms with Crippen molar-refractivity contribution in [2.45, 2.75) is 37.4 Å². The summed E-state index contributed by atoms with van der Waals surface area (Å²) >= 11 is 0. The second-order valence-corrected chi connectivity index (χ2v) is 7.15. The van der Waals surface area contributed by atoms with Gasteiger partial charge in [-0.05, 0) is 43.4 Å². The minimum atomic E-state index is -0.0212. The molecule has 2 unspecified atom stereocenters. The van der Waals surface area contributed by atoms with E-state index in [9.17, 15) is 0 Å². The molecule has 2 fully saturated rings. The van der Waals surface area contributed by atoms with E-state index in [0.29, 0.717) is 11.9 Å². The lowest BCUT2D eigenvalue weighted by Gasteiger charge is -2.46. The molecule has 3 heterocycles. The van der Waals surface area contributed by atoms with E-state index < -0.39 is 0 Å². The number of piperidine rings is 1. The molecule has 5 heteroatoms. The van der Waals surface area contributed by atoms with E-state index in [0.717, 1.165) is 43.9 Å². The molecule has 0 aliphatic carbocycles. The highest BCUT2D eigenvalue weighted by Gasteiger charge is 2.38. The van der Waals surface area contributed by atoms with Crippen molar-refractivity contribution in [1.82, 2.24) is 15.6 Å². The second kappa shape index (κ2) is 7.12. The number of hydrogen-bond acceptors (Lipinski definition) is 5. The van der Waals surface area contributed by atoms with E-state index >= 15 is 0 Å². The summed E-state index contributed by atoms with van der Waals surface area (Å²) in [7, 11) is 0. The normalized spacial score (nSPS) is 25.7. The molecule has 2 aliphatic rings. The van der Waals surface area contributed by atoms with Crippen molar-refractivity contribution in [3.05, 3.63) is 48.0 Å². The lowest BCUT2D eigenvalue weighted by atomic mass is 9.91. The van der Waals surface area contributed by atoms with Crippen LogP contribution in [0.3, 0.4) is 0 Å². The molecule has 0 radical (unpaired) electrons. The zero-order valence-corrected chi connectivity index (χ0v) is 14.5. The van der Waals surface area contributed by atoms with Gasteiger partial charge in [0.05, 0.1) is 24.6 Å². The first-order chi connectivity index (χ1) is 12.2. The van der Waals surface area contributed by atoms with E-state index in [1.165, 1.54) is 18.4 Å². The smallest absolute Gasteiger partial charge is 0.124 e. The van der Waals surface area contributed by atoms with Gasteiger partial charge in [0.1, 0.15) is 5.82 Å². The summed E-state index contributed by atoms with van der Waals surface area (Å²) in [4.78, 5) is 4.37. The highest BCUT2D eigenvalue weighted by Crippen LogP contribution is 2.25. The van der Waals surface area contributed by atoms with Gasteiger partial charge < -0.3 is 10.5 Å². The van der Waals surface area contributed by atoms with Gasteiger partial charge >= 0.3 is 0 Å². The first-order valence-corrected chi connectivity index (χ1v) is 9.15. The highest BCUT2D eigenvalue weighted by atomic mass is 16.5. The standard InChI is InChI=1S/C20H26N4O/c21-19-5-1-4-18(23-19)16-8-6-15(7-9-16)10-12-22-20-11-2-3-17(24-20)13-25-14-20/h1,4-9,17,22,24H,2-3,10-14H2,(H2,21,23). The van der Waals surface area contributed by atoms with Crippen LogP contribution in [0.2, 0.25) is 0 Å². The number of nitrogens with two attached hydrogens (primary N) is 1. The third-order valence-electron chi connectivity index (χ3n) is 5.20. The second-order valence-electron chi connectivity index (χ2n) is 7.15. The molecule has 5 nitrogen and oxygen atoms in total.